The zero-order chi connectivity index (χ0) is 14.4. The van der Waals surface area contributed by atoms with Crippen LogP contribution in [0.4, 0.5) is 0 Å². The van der Waals surface area contributed by atoms with E-state index in [1.165, 1.54) is 5.56 Å². The van der Waals surface area contributed by atoms with E-state index >= 15 is 0 Å². The first kappa shape index (κ1) is 15.4. The van der Waals surface area contributed by atoms with Gasteiger partial charge in [0.25, 0.3) is 0 Å². The first-order valence-corrected chi connectivity index (χ1v) is 9.61. The van der Waals surface area contributed by atoms with Crippen molar-refractivity contribution in [1.29, 1.82) is 0 Å². The molecule has 1 heterocycles. The van der Waals surface area contributed by atoms with E-state index in [-0.39, 0.29) is 23.3 Å². The summed E-state index contributed by atoms with van der Waals surface area (Å²) < 4.78 is 22.6. The third kappa shape index (κ3) is 5.17. The summed E-state index contributed by atoms with van der Waals surface area (Å²) >= 11 is 1.57. The molecule has 1 amide bonds. The average Bonchev–Trinajstić information content (AvgIpc) is 2.77. The maximum atomic E-state index is 11.7. The van der Waals surface area contributed by atoms with Gasteiger partial charge in [0.1, 0.15) is 0 Å². The van der Waals surface area contributed by atoms with Crippen LogP contribution < -0.4 is 5.32 Å². The molecule has 1 unspecified atom stereocenters. The second-order valence-electron chi connectivity index (χ2n) is 5.05. The summed E-state index contributed by atoms with van der Waals surface area (Å²) in [4.78, 5) is 11.7. The van der Waals surface area contributed by atoms with Crippen LogP contribution in [0.3, 0.4) is 0 Å². The summed E-state index contributed by atoms with van der Waals surface area (Å²) in [5, 5.41) is 2.82. The minimum absolute atomic E-state index is 0.0183. The highest BCUT2D eigenvalue weighted by Gasteiger charge is 2.27. The number of sulfone groups is 1. The zero-order valence-electron chi connectivity index (χ0n) is 11.2. The fourth-order valence-electron chi connectivity index (χ4n) is 2.18. The molecule has 6 heteroatoms. The summed E-state index contributed by atoms with van der Waals surface area (Å²) in [7, 11) is -2.85. The summed E-state index contributed by atoms with van der Waals surface area (Å²) in [6.07, 6.45) is 0.666. The minimum atomic E-state index is -2.85. The van der Waals surface area contributed by atoms with E-state index in [4.69, 9.17) is 0 Å². The molecular formula is C14H19NO3S2. The Hall–Kier alpha value is -1.01. The number of carbonyl (C=O) groups is 1. The maximum Gasteiger partial charge on any atom is 0.230 e. The third-order valence-corrected chi connectivity index (χ3v) is 6.10. The second kappa shape index (κ2) is 7.13. The van der Waals surface area contributed by atoms with E-state index in [1.807, 2.05) is 30.3 Å². The van der Waals surface area contributed by atoms with Gasteiger partial charge in [0, 0.05) is 12.3 Å². The molecule has 1 aliphatic rings. The summed E-state index contributed by atoms with van der Waals surface area (Å²) in [6, 6.07) is 10.0. The predicted molar refractivity (Wildman–Crippen MR) is 82.4 cm³/mol. The summed E-state index contributed by atoms with van der Waals surface area (Å²) in [5.74, 6) is 1.76. The molecule has 0 bridgehead atoms. The summed E-state index contributed by atoms with van der Waals surface area (Å²) in [5.41, 5.74) is 1.20. The molecule has 0 radical (unpaired) electrons. The Morgan fingerprint density at radius 1 is 1.30 bits per heavy atom. The second-order valence-corrected chi connectivity index (χ2v) is 8.27. The van der Waals surface area contributed by atoms with Gasteiger partial charge >= 0.3 is 0 Å². The fraction of sp³-hybridized carbons (Fsp3) is 0.500. The monoisotopic (exact) mass is 313 g/mol. The quantitative estimate of drug-likeness (QED) is 0.864. The molecule has 20 heavy (non-hydrogen) atoms. The molecule has 0 saturated carbocycles. The number of amides is 1. The van der Waals surface area contributed by atoms with Crippen LogP contribution in [-0.2, 0) is 20.4 Å². The van der Waals surface area contributed by atoms with Crippen LogP contribution in [0.15, 0.2) is 30.3 Å². The third-order valence-electron chi connectivity index (χ3n) is 3.26. The Labute approximate surface area is 124 Å². The molecule has 1 aromatic carbocycles. The van der Waals surface area contributed by atoms with E-state index in [0.717, 1.165) is 5.75 Å². The summed E-state index contributed by atoms with van der Waals surface area (Å²) in [6.45, 7) is 0.476. The van der Waals surface area contributed by atoms with Crippen LogP contribution in [0, 0.1) is 5.92 Å². The van der Waals surface area contributed by atoms with E-state index in [1.54, 1.807) is 11.8 Å². The molecule has 0 spiro atoms. The number of carbonyl (C=O) groups excluding carboxylic acids is 1. The van der Waals surface area contributed by atoms with Crippen molar-refractivity contribution in [2.45, 2.75) is 12.2 Å². The number of rotatable bonds is 6. The number of hydrogen-bond acceptors (Lipinski definition) is 4. The lowest BCUT2D eigenvalue weighted by atomic mass is 10.1. The number of nitrogens with one attached hydrogen (secondary N) is 1. The first-order valence-electron chi connectivity index (χ1n) is 6.64. The van der Waals surface area contributed by atoms with Crippen molar-refractivity contribution in [2.24, 2.45) is 5.92 Å². The van der Waals surface area contributed by atoms with Crippen LogP contribution in [0.25, 0.3) is 0 Å². The first-order chi connectivity index (χ1) is 9.55. The van der Waals surface area contributed by atoms with E-state index in [2.05, 4.69) is 5.32 Å². The van der Waals surface area contributed by atoms with Crippen LogP contribution in [0.2, 0.25) is 0 Å². The molecule has 1 aliphatic heterocycles. The topological polar surface area (TPSA) is 63.2 Å². The van der Waals surface area contributed by atoms with Gasteiger partial charge in [0.2, 0.25) is 5.91 Å². The van der Waals surface area contributed by atoms with E-state index in [0.29, 0.717) is 18.7 Å². The molecule has 2 rings (SSSR count). The molecule has 1 fully saturated rings. The van der Waals surface area contributed by atoms with Crippen molar-refractivity contribution >= 4 is 27.5 Å². The lowest BCUT2D eigenvalue weighted by Gasteiger charge is -2.09. The number of hydrogen-bond donors (Lipinski definition) is 1. The van der Waals surface area contributed by atoms with Crippen molar-refractivity contribution < 1.29 is 13.2 Å². The van der Waals surface area contributed by atoms with Gasteiger partial charge in [-0.15, -0.1) is 11.8 Å². The molecule has 0 aromatic heterocycles. The molecule has 1 saturated heterocycles. The van der Waals surface area contributed by atoms with Crippen LogP contribution >= 0.6 is 11.8 Å². The molecular weight excluding hydrogens is 294 g/mol. The molecule has 1 N–H and O–H groups in total. The van der Waals surface area contributed by atoms with E-state index < -0.39 is 9.84 Å². The van der Waals surface area contributed by atoms with Gasteiger partial charge in [-0.1, -0.05) is 30.3 Å². The van der Waals surface area contributed by atoms with Crippen LogP contribution in [0.5, 0.6) is 0 Å². The van der Waals surface area contributed by atoms with Gasteiger partial charge in [-0.05, 0) is 17.9 Å². The molecule has 1 atom stereocenters. The van der Waals surface area contributed by atoms with Gasteiger partial charge in [-0.2, -0.15) is 0 Å². The van der Waals surface area contributed by atoms with Crippen molar-refractivity contribution in [3.8, 4) is 0 Å². The van der Waals surface area contributed by atoms with Crippen LogP contribution in [0.1, 0.15) is 12.0 Å². The normalized spacial score (nSPS) is 20.7. The zero-order valence-corrected chi connectivity index (χ0v) is 12.9. The predicted octanol–water partition coefficient (Wildman–Crippen LogP) is 1.47. The number of benzene rings is 1. The molecule has 110 valence electrons. The number of thioether (sulfide) groups is 1. The minimum Gasteiger partial charge on any atom is -0.355 e. The lowest BCUT2D eigenvalue weighted by Crippen LogP contribution is -2.31. The molecule has 1 aromatic rings. The Kier molecular flexibility index (Phi) is 5.48. The Morgan fingerprint density at radius 3 is 2.70 bits per heavy atom. The Bertz CT molecular complexity index is 543. The van der Waals surface area contributed by atoms with Crippen molar-refractivity contribution in [3.63, 3.8) is 0 Å². The van der Waals surface area contributed by atoms with Gasteiger partial charge in [0.05, 0.1) is 17.3 Å². The Morgan fingerprint density at radius 2 is 2.05 bits per heavy atom. The highest BCUT2D eigenvalue weighted by molar-refractivity contribution is 7.99. The van der Waals surface area contributed by atoms with Gasteiger partial charge in [-0.25, -0.2) is 8.42 Å². The largest absolute Gasteiger partial charge is 0.355 e. The Balaban J connectivity index is 1.61. The van der Waals surface area contributed by atoms with Crippen molar-refractivity contribution in [2.75, 3.05) is 23.8 Å². The van der Waals surface area contributed by atoms with Crippen molar-refractivity contribution in [1.82, 2.24) is 5.32 Å². The van der Waals surface area contributed by atoms with Gasteiger partial charge < -0.3 is 5.32 Å². The van der Waals surface area contributed by atoms with Gasteiger partial charge in [-0.3, -0.25) is 4.79 Å². The highest BCUT2D eigenvalue weighted by atomic mass is 32.2. The molecule has 0 aliphatic carbocycles. The maximum absolute atomic E-state index is 11.7. The average molecular weight is 313 g/mol. The van der Waals surface area contributed by atoms with Crippen LogP contribution in [-0.4, -0.2) is 38.1 Å². The van der Waals surface area contributed by atoms with Gasteiger partial charge in [0.15, 0.2) is 9.84 Å². The smallest absolute Gasteiger partial charge is 0.230 e. The SMILES string of the molecule is O=C(CSCc1ccccc1)NCC1CCS(=O)(=O)C1. The van der Waals surface area contributed by atoms with E-state index in [9.17, 15) is 13.2 Å². The standard InChI is InChI=1S/C14H19NO3S2/c16-14(10-19-9-12-4-2-1-3-5-12)15-8-13-6-7-20(17,18)11-13/h1-5,13H,6-11H2,(H,15,16). The fourth-order valence-corrected chi connectivity index (χ4v) is 4.86. The molecule has 4 nitrogen and oxygen atoms in total. The van der Waals surface area contributed by atoms with Crippen molar-refractivity contribution in [3.05, 3.63) is 35.9 Å². The highest BCUT2D eigenvalue weighted by Crippen LogP contribution is 2.17. The lowest BCUT2D eigenvalue weighted by molar-refractivity contribution is -0.118.